The average molecular weight is 430 g/mol. The van der Waals surface area contributed by atoms with Gasteiger partial charge < -0.3 is 14.8 Å². The third kappa shape index (κ3) is 2.98. The first-order chi connectivity index (χ1) is 15.3. The lowest BCUT2D eigenvalue weighted by Gasteiger charge is -2.51. The van der Waals surface area contributed by atoms with Crippen LogP contribution in [-0.2, 0) is 21.5 Å². The molecule has 5 heteroatoms. The Hall–Kier alpha value is -3.08. The zero-order valence-electron chi connectivity index (χ0n) is 19.3. The van der Waals surface area contributed by atoms with E-state index in [1.54, 1.807) is 4.90 Å². The molecule has 1 aromatic heterocycles. The number of benzene rings is 2. The molecule has 2 amide bonds. The summed E-state index contributed by atoms with van der Waals surface area (Å²) in [6, 6.07) is 16.9. The second-order valence-electron chi connectivity index (χ2n) is 9.76. The third-order valence-electron chi connectivity index (χ3n) is 7.19. The maximum atomic E-state index is 13.8. The van der Waals surface area contributed by atoms with Crippen LogP contribution in [0.1, 0.15) is 56.0 Å². The summed E-state index contributed by atoms with van der Waals surface area (Å²) in [5, 5.41) is 1.13. The summed E-state index contributed by atoms with van der Waals surface area (Å²) in [6.45, 7) is 9.49. The summed E-state index contributed by atoms with van der Waals surface area (Å²) in [6.07, 6.45) is 0.992. The molecule has 1 saturated heterocycles. The van der Waals surface area contributed by atoms with Gasteiger partial charge in [-0.25, -0.2) is 0 Å². The van der Waals surface area contributed by atoms with Crippen molar-refractivity contribution in [3.8, 4) is 0 Å². The smallest absolute Gasteiger partial charge is 0.254 e. The van der Waals surface area contributed by atoms with Crippen molar-refractivity contribution in [3.05, 3.63) is 70.9 Å². The van der Waals surface area contributed by atoms with E-state index in [9.17, 15) is 9.59 Å². The van der Waals surface area contributed by atoms with Crippen LogP contribution < -0.4 is 0 Å². The highest BCUT2D eigenvalue weighted by Crippen LogP contribution is 2.48. The number of aromatic nitrogens is 1. The lowest BCUT2D eigenvalue weighted by molar-refractivity contribution is -0.166. The number of carbonyl (C=O) groups is 2. The summed E-state index contributed by atoms with van der Waals surface area (Å²) in [5.74, 6) is 0.358. The average Bonchev–Trinajstić information content (AvgIpc) is 3.18. The number of para-hydroxylation sites is 1. The number of H-pyrrole nitrogens is 1. The minimum Gasteiger partial charge on any atom is -0.356 e. The van der Waals surface area contributed by atoms with Crippen LogP contribution in [0.5, 0.6) is 0 Å². The van der Waals surface area contributed by atoms with E-state index in [4.69, 9.17) is 0 Å². The van der Waals surface area contributed by atoms with Crippen LogP contribution in [0.15, 0.2) is 48.5 Å². The van der Waals surface area contributed by atoms with Crippen molar-refractivity contribution in [2.75, 3.05) is 19.6 Å². The Labute approximate surface area is 189 Å². The fraction of sp³-hybridized carbons (Fsp3) is 0.407. The molecule has 166 valence electrons. The van der Waals surface area contributed by atoms with Gasteiger partial charge in [0, 0.05) is 29.9 Å². The van der Waals surface area contributed by atoms with E-state index >= 15 is 0 Å². The number of aromatic amines is 1. The zero-order valence-corrected chi connectivity index (χ0v) is 19.3. The molecule has 1 N–H and O–H groups in total. The summed E-state index contributed by atoms with van der Waals surface area (Å²) in [4.78, 5) is 34.4. The molecule has 2 aliphatic rings. The standard InChI is InChI=1S/C27H31N3O2/c1-5-18-10-12-19(13-11-18)21-15-30-23(31)16-29(14-17(2)3)26(32)27(30,4)25-24(21)20-8-6-7-9-22(20)28-25/h6-13,17,21,28H,5,14-16H2,1-4H3/t21-,27+/m1/s1. The lowest BCUT2D eigenvalue weighted by atomic mass is 9.76. The van der Waals surface area contributed by atoms with Crippen LogP contribution in [0.3, 0.4) is 0 Å². The number of hydrogen-bond donors (Lipinski definition) is 1. The minimum atomic E-state index is -1.02. The Morgan fingerprint density at radius 1 is 1.09 bits per heavy atom. The number of hydrogen-bond acceptors (Lipinski definition) is 2. The van der Waals surface area contributed by atoms with Gasteiger partial charge in [0.05, 0.1) is 12.2 Å². The number of nitrogens with one attached hydrogen (secondary N) is 1. The molecule has 0 spiro atoms. The van der Waals surface area contributed by atoms with E-state index in [2.05, 4.69) is 62.2 Å². The van der Waals surface area contributed by atoms with Crippen LogP contribution in [-0.4, -0.2) is 46.2 Å². The molecule has 2 aromatic carbocycles. The monoisotopic (exact) mass is 429 g/mol. The largest absolute Gasteiger partial charge is 0.356 e. The van der Waals surface area contributed by atoms with Gasteiger partial charge in [-0.15, -0.1) is 0 Å². The van der Waals surface area contributed by atoms with E-state index in [0.717, 1.165) is 28.6 Å². The molecule has 2 aliphatic heterocycles. The Morgan fingerprint density at radius 3 is 2.50 bits per heavy atom. The van der Waals surface area contributed by atoms with Crippen molar-refractivity contribution < 1.29 is 9.59 Å². The number of rotatable bonds is 4. The van der Waals surface area contributed by atoms with Gasteiger partial charge in [0.25, 0.3) is 5.91 Å². The fourth-order valence-corrected chi connectivity index (χ4v) is 5.55. The first-order valence-electron chi connectivity index (χ1n) is 11.6. The fourth-order valence-electron chi connectivity index (χ4n) is 5.55. The van der Waals surface area contributed by atoms with E-state index < -0.39 is 5.54 Å². The predicted molar refractivity (Wildman–Crippen MR) is 126 cm³/mol. The molecule has 32 heavy (non-hydrogen) atoms. The maximum absolute atomic E-state index is 13.8. The lowest BCUT2D eigenvalue weighted by Crippen LogP contribution is -2.67. The number of piperazine rings is 1. The van der Waals surface area contributed by atoms with Crippen molar-refractivity contribution in [2.24, 2.45) is 5.92 Å². The van der Waals surface area contributed by atoms with Gasteiger partial charge in [-0.2, -0.15) is 0 Å². The van der Waals surface area contributed by atoms with Gasteiger partial charge in [-0.05, 0) is 42.0 Å². The summed E-state index contributed by atoms with van der Waals surface area (Å²) < 4.78 is 0. The zero-order chi connectivity index (χ0) is 22.6. The maximum Gasteiger partial charge on any atom is 0.254 e. The molecule has 0 bridgehead atoms. The quantitative estimate of drug-likeness (QED) is 0.668. The van der Waals surface area contributed by atoms with Gasteiger partial charge in [-0.1, -0.05) is 63.2 Å². The summed E-state index contributed by atoms with van der Waals surface area (Å²) in [7, 11) is 0. The Bertz CT molecular complexity index is 1190. The SMILES string of the molecule is CCc1ccc([C@H]2CN3C(=O)CN(CC(C)C)C(=O)[C@]3(C)c3[nH]c4ccccc4c32)cc1. The van der Waals surface area contributed by atoms with Crippen LogP contribution in [0.4, 0.5) is 0 Å². The van der Waals surface area contributed by atoms with Crippen LogP contribution >= 0.6 is 0 Å². The van der Waals surface area contributed by atoms with E-state index in [1.165, 1.54) is 11.1 Å². The number of amides is 2. The van der Waals surface area contributed by atoms with Crippen molar-refractivity contribution in [3.63, 3.8) is 0 Å². The van der Waals surface area contributed by atoms with E-state index in [-0.39, 0.29) is 24.3 Å². The minimum absolute atomic E-state index is 0.0124. The predicted octanol–water partition coefficient (Wildman–Crippen LogP) is 4.42. The molecule has 3 aromatic rings. The van der Waals surface area contributed by atoms with Crippen LogP contribution in [0.25, 0.3) is 10.9 Å². The summed E-state index contributed by atoms with van der Waals surface area (Å²) in [5.41, 5.74) is 4.48. The van der Waals surface area contributed by atoms with E-state index in [1.807, 2.05) is 24.0 Å². The molecule has 0 aliphatic carbocycles. The van der Waals surface area contributed by atoms with Gasteiger partial charge in [-0.3, -0.25) is 9.59 Å². The molecule has 0 saturated carbocycles. The van der Waals surface area contributed by atoms with Crippen LogP contribution in [0, 0.1) is 5.92 Å². The van der Waals surface area contributed by atoms with Gasteiger partial charge >= 0.3 is 0 Å². The van der Waals surface area contributed by atoms with Gasteiger partial charge in [0.1, 0.15) is 0 Å². The summed E-state index contributed by atoms with van der Waals surface area (Å²) >= 11 is 0. The number of fused-ring (bicyclic) bond motifs is 5. The molecule has 5 rings (SSSR count). The van der Waals surface area contributed by atoms with Crippen molar-refractivity contribution in [1.29, 1.82) is 0 Å². The highest BCUT2D eigenvalue weighted by Gasteiger charge is 2.56. The molecule has 0 unspecified atom stereocenters. The molecule has 3 heterocycles. The highest BCUT2D eigenvalue weighted by atomic mass is 16.2. The molecular formula is C27H31N3O2. The second-order valence-corrected chi connectivity index (χ2v) is 9.76. The Kier molecular flexibility index (Phi) is 4.88. The van der Waals surface area contributed by atoms with Crippen molar-refractivity contribution in [2.45, 2.75) is 45.6 Å². The van der Waals surface area contributed by atoms with Gasteiger partial charge in [0.2, 0.25) is 5.91 Å². The number of nitrogens with zero attached hydrogens (tertiary/aromatic N) is 2. The first-order valence-corrected chi connectivity index (χ1v) is 11.6. The third-order valence-corrected chi connectivity index (χ3v) is 7.19. The number of carbonyl (C=O) groups excluding carboxylic acids is 2. The van der Waals surface area contributed by atoms with Crippen molar-refractivity contribution in [1.82, 2.24) is 14.8 Å². The Morgan fingerprint density at radius 2 is 1.81 bits per heavy atom. The highest BCUT2D eigenvalue weighted by molar-refractivity contribution is 6.01. The molecule has 0 radical (unpaired) electrons. The topological polar surface area (TPSA) is 56.4 Å². The van der Waals surface area contributed by atoms with E-state index in [0.29, 0.717) is 19.0 Å². The van der Waals surface area contributed by atoms with Crippen molar-refractivity contribution >= 4 is 22.7 Å². The molecular weight excluding hydrogens is 398 g/mol. The molecule has 2 atom stereocenters. The van der Waals surface area contributed by atoms with Gasteiger partial charge in [0.15, 0.2) is 5.54 Å². The normalized spacial score (nSPS) is 23.1. The van der Waals surface area contributed by atoms with Crippen LogP contribution in [0.2, 0.25) is 0 Å². The molecule has 5 nitrogen and oxygen atoms in total. The molecule has 1 fully saturated rings. The Balaban J connectivity index is 1.71. The second kappa shape index (κ2) is 7.51. The number of aryl methyl sites for hydroxylation is 1. The first kappa shape index (κ1) is 20.8.